The van der Waals surface area contributed by atoms with E-state index >= 15 is 0 Å². The number of carbonyl (C=O) groups is 1. The summed E-state index contributed by atoms with van der Waals surface area (Å²) in [6, 6.07) is 3.60. The van der Waals surface area contributed by atoms with Crippen LogP contribution in [0, 0.1) is 5.92 Å². The van der Waals surface area contributed by atoms with Crippen LogP contribution in [0.2, 0.25) is 0 Å². The molecule has 1 aliphatic carbocycles. The molecule has 4 nitrogen and oxygen atoms in total. The summed E-state index contributed by atoms with van der Waals surface area (Å²) < 4.78 is 0.761. The predicted octanol–water partition coefficient (Wildman–Crippen LogP) is 4.16. The number of ketones is 1. The van der Waals surface area contributed by atoms with E-state index in [4.69, 9.17) is 0 Å². The smallest absolute Gasteiger partial charge is 0.306 e. The maximum Gasteiger partial charge on any atom is 0.323 e. The van der Waals surface area contributed by atoms with Crippen molar-refractivity contribution in [2.75, 3.05) is 0 Å². The van der Waals surface area contributed by atoms with Gasteiger partial charge in [-0.05, 0) is 40.9 Å². The van der Waals surface area contributed by atoms with Gasteiger partial charge in [0.15, 0.2) is 5.78 Å². The summed E-state index contributed by atoms with van der Waals surface area (Å²) in [6.45, 7) is 0. The highest BCUT2D eigenvalue weighted by atomic mass is 79.9. The Labute approximate surface area is 131 Å². The summed E-state index contributed by atoms with van der Waals surface area (Å²) in [4.78, 5) is 29.6. The van der Waals surface area contributed by atoms with Crippen LogP contribution in [-0.4, -0.2) is 15.8 Å². The minimum atomic E-state index is -0.243. The summed E-state index contributed by atoms with van der Waals surface area (Å²) in [5.41, 5.74) is 1.86. The van der Waals surface area contributed by atoms with Crippen LogP contribution in [0.15, 0.2) is 21.4 Å². The molecule has 1 aliphatic rings. The first-order chi connectivity index (χ1) is 10.1. The van der Waals surface area contributed by atoms with Gasteiger partial charge in [0.25, 0.3) is 0 Å². The monoisotopic (exact) mass is 350 g/mol. The minimum absolute atomic E-state index is 0.115. The molecule has 2 aromatic rings. The second kappa shape index (κ2) is 6.18. The molecule has 1 aromatic carbocycles. The van der Waals surface area contributed by atoms with E-state index in [9.17, 15) is 9.59 Å². The number of nitrogens with one attached hydrogen (secondary N) is 2. The highest BCUT2D eigenvalue weighted by Gasteiger charge is 2.23. The molecule has 0 radical (unpaired) electrons. The molecular formula is C16H19BrN2O2. The molecule has 1 aromatic heterocycles. The number of aromatic nitrogens is 2. The van der Waals surface area contributed by atoms with Crippen molar-refractivity contribution < 1.29 is 4.79 Å². The van der Waals surface area contributed by atoms with Crippen molar-refractivity contribution in [2.24, 2.45) is 5.92 Å². The van der Waals surface area contributed by atoms with Gasteiger partial charge in [0, 0.05) is 16.0 Å². The molecule has 0 amide bonds. The van der Waals surface area contributed by atoms with E-state index in [0.717, 1.165) is 35.7 Å². The molecule has 3 rings (SSSR count). The van der Waals surface area contributed by atoms with Gasteiger partial charge in [-0.2, -0.15) is 0 Å². The summed E-state index contributed by atoms with van der Waals surface area (Å²) >= 11 is 3.47. The number of hydrogen-bond acceptors (Lipinski definition) is 2. The van der Waals surface area contributed by atoms with Crippen LogP contribution in [0.25, 0.3) is 11.0 Å². The third-order valence-electron chi connectivity index (χ3n) is 4.35. The topological polar surface area (TPSA) is 65.7 Å². The molecule has 0 bridgehead atoms. The SMILES string of the molecule is O=C(c1cc2[nH]c(=O)[nH]c2cc1Br)C1CCCCCCC1. The molecule has 1 saturated carbocycles. The van der Waals surface area contributed by atoms with Gasteiger partial charge in [-0.15, -0.1) is 0 Å². The maximum absolute atomic E-state index is 12.8. The van der Waals surface area contributed by atoms with E-state index in [0.29, 0.717) is 11.1 Å². The van der Waals surface area contributed by atoms with E-state index in [2.05, 4.69) is 25.9 Å². The van der Waals surface area contributed by atoms with Crippen LogP contribution in [0.1, 0.15) is 55.3 Å². The first-order valence-electron chi connectivity index (χ1n) is 7.61. The predicted molar refractivity (Wildman–Crippen MR) is 86.8 cm³/mol. The number of Topliss-reactive ketones (excluding diaryl/α,β-unsaturated/α-hetero) is 1. The number of imidazole rings is 1. The second-order valence-corrected chi connectivity index (χ2v) is 6.72. The van der Waals surface area contributed by atoms with E-state index in [-0.39, 0.29) is 17.4 Å². The standard InChI is InChI=1S/C16H19BrN2O2/c17-12-9-14-13(18-16(21)19-14)8-11(12)15(20)10-6-4-2-1-3-5-7-10/h8-10H,1-7H2,(H2,18,19,21). The number of H-pyrrole nitrogens is 2. The number of aromatic amines is 2. The third-order valence-corrected chi connectivity index (χ3v) is 5.00. The van der Waals surface area contributed by atoms with E-state index in [1.54, 1.807) is 6.07 Å². The van der Waals surface area contributed by atoms with Gasteiger partial charge in [0.1, 0.15) is 0 Å². The molecule has 0 saturated heterocycles. The van der Waals surface area contributed by atoms with Crippen molar-refractivity contribution in [1.29, 1.82) is 0 Å². The fourth-order valence-electron chi connectivity index (χ4n) is 3.18. The Hall–Kier alpha value is -1.36. The van der Waals surface area contributed by atoms with Crippen molar-refractivity contribution >= 4 is 32.7 Å². The Bertz CT molecular complexity index is 709. The van der Waals surface area contributed by atoms with Crippen LogP contribution < -0.4 is 5.69 Å². The number of carbonyl (C=O) groups excluding carboxylic acids is 1. The molecule has 2 N–H and O–H groups in total. The molecular weight excluding hydrogens is 332 g/mol. The van der Waals surface area contributed by atoms with Gasteiger partial charge in [-0.1, -0.05) is 32.1 Å². The van der Waals surface area contributed by atoms with Gasteiger partial charge in [-0.25, -0.2) is 4.79 Å². The number of halogens is 1. The third kappa shape index (κ3) is 3.12. The highest BCUT2D eigenvalue weighted by Crippen LogP contribution is 2.29. The summed E-state index contributed by atoms with van der Waals surface area (Å²) in [7, 11) is 0. The van der Waals surface area contributed by atoms with Gasteiger partial charge < -0.3 is 9.97 Å². The van der Waals surface area contributed by atoms with Gasteiger partial charge >= 0.3 is 5.69 Å². The van der Waals surface area contributed by atoms with Crippen molar-refractivity contribution in [2.45, 2.75) is 44.9 Å². The number of rotatable bonds is 2. The normalized spacial score (nSPS) is 17.6. The van der Waals surface area contributed by atoms with Gasteiger partial charge in [-0.3, -0.25) is 4.79 Å². The molecule has 1 heterocycles. The molecule has 0 unspecified atom stereocenters. The molecule has 112 valence electrons. The van der Waals surface area contributed by atoms with Crippen LogP contribution in [0.3, 0.4) is 0 Å². The first kappa shape index (κ1) is 14.6. The average molecular weight is 351 g/mol. The van der Waals surface area contributed by atoms with E-state index in [1.165, 1.54) is 19.3 Å². The molecule has 5 heteroatoms. The lowest BCUT2D eigenvalue weighted by molar-refractivity contribution is 0.0897. The van der Waals surface area contributed by atoms with Crippen LogP contribution in [0.5, 0.6) is 0 Å². The Morgan fingerprint density at radius 2 is 1.57 bits per heavy atom. The van der Waals surface area contributed by atoms with Crippen molar-refractivity contribution in [1.82, 2.24) is 9.97 Å². The number of fused-ring (bicyclic) bond motifs is 1. The van der Waals surface area contributed by atoms with Crippen molar-refractivity contribution in [3.05, 3.63) is 32.7 Å². The number of hydrogen-bond donors (Lipinski definition) is 2. The Morgan fingerprint density at radius 3 is 2.24 bits per heavy atom. The summed E-state index contributed by atoms with van der Waals surface area (Å²) in [6.07, 6.45) is 7.99. The molecule has 21 heavy (non-hydrogen) atoms. The fraction of sp³-hybridized carbons (Fsp3) is 0.500. The zero-order valence-electron chi connectivity index (χ0n) is 11.9. The zero-order chi connectivity index (χ0) is 14.8. The van der Waals surface area contributed by atoms with Crippen LogP contribution >= 0.6 is 15.9 Å². The Balaban J connectivity index is 1.92. The quantitative estimate of drug-likeness (QED) is 0.798. The number of benzene rings is 1. The van der Waals surface area contributed by atoms with E-state index in [1.807, 2.05) is 6.07 Å². The van der Waals surface area contributed by atoms with Gasteiger partial charge in [0.05, 0.1) is 11.0 Å². The lowest BCUT2D eigenvalue weighted by Gasteiger charge is -2.19. The lowest BCUT2D eigenvalue weighted by Crippen LogP contribution is -2.16. The largest absolute Gasteiger partial charge is 0.323 e. The maximum atomic E-state index is 12.8. The summed E-state index contributed by atoms with van der Waals surface area (Å²) in [5.74, 6) is 0.317. The Morgan fingerprint density at radius 1 is 1.00 bits per heavy atom. The molecule has 0 atom stereocenters. The van der Waals surface area contributed by atoms with E-state index < -0.39 is 0 Å². The Kier molecular flexibility index (Phi) is 4.29. The summed E-state index contributed by atoms with van der Waals surface area (Å²) in [5, 5.41) is 0. The van der Waals surface area contributed by atoms with Crippen LogP contribution in [-0.2, 0) is 0 Å². The fourth-order valence-corrected chi connectivity index (χ4v) is 3.72. The van der Waals surface area contributed by atoms with Crippen molar-refractivity contribution in [3.63, 3.8) is 0 Å². The molecule has 0 spiro atoms. The zero-order valence-corrected chi connectivity index (χ0v) is 13.5. The lowest BCUT2D eigenvalue weighted by atomic mass is 9.85. The first-order valence-corrected chi connectivity index (χ1v) is 8.40. The molecule has 0 aliphatic heterocycles. The minimum Gasteiger partial charge on any atom is -0.306 e. The second-order valence-electron chi connectivity index (χ2n) is 5.86. The highest BCUT2D eigenvalue weighted by molar-refractivity contribution is 9.10. The van der Waals surface area contributed by atoms with Crippen LogP contribution in [0.4, 0.5) is 0 Å². The van der Waals surface area contributed by atoms with Gasteiger partial charge in [0.2, 0.25) is 0 Å². The average Bonchev–Trinajstić information content (AvgIpc) is 2.76. The molecule has 1 fully saturated rings. The van der Waals surface area contributed by atoms with Crippen molar-refractivity contribution in [3.8, 4) is 0 Å².